The van der Waals surface area contributed by atoms with Gasteiger partial charge in [-0.1, -0.05) is 0 Å². The van der Waals surface area contributed by atoms with Gasteiger partial charge in [0, 0.05) is 5.69 Å². The summed E-state index contributed by atoms with van der Waals surface area (Å²) < 4.78 is 12.7. The molecule has 2 aromatic heterocycles. The van der Waals surface area contributed by atoms with E-state index in [1.54, 1.807) is 13.0 Å². The van der Waals surface area contributed by atoms with Crippen LogP contribution in [0.25, 0.3) is 11.5 Å². The molecule has 5 heteroatoms. The second-order valence-corrected chi connectivity index (χ2v) is 3.34. The van der Waals surface area contributed by atoms with E-state index < -0.39 is 5.82 Å². The van der Waals surface area contributed by atoms with Gasteiger partial charge in [-0.05, 0) is 25.1 Å². The van der Waals surface area contributed by atoms with Gasteiger partial charge in [0.25, 0.3) is 0 Å². The van der Waals surface area contributed by atoms with Crippen molar-refractivity contribution < 1.29 is 9.50 Å². The fourth-order valence-electron chi connectivity index (χ4n) is 1.34. The van der Waals surface area contributed by atoms with Crippen LogP contribution in [-0.2, 0) is 6.61 Å². The Morgan fingerprint density at radius 1 is 1.31 bits per heavy atom. The van der Waals surface area contributed by atoms with E-state index in [1.807, 2.05) is 0 Å². The van der Waals surface area contributed by atoms with Crippen LogP contribution in [0.5, 0.6) is 0 Å². The topological polar surface area (TPSA) is 58.9 Å². The summed E-state index contributed by atoms with van der Waals surface area (Å²) in [4.78, 5) is 12.2. The SMILES string of the molecule is Cc1cc(CO)nc(-c2ccc(F)cn2)n1. The average molecular weight is 219 g/mol. The van der Waals surface area contributed by atoms with Crippen LogP contribution in [0.1, 0.15) is 11.4 Å². The second kappa shape index (κ2) is 4.32. The van der Waals surface area contributed by atoms with E-state index in [-0.39, 0.29) is 6.61 Å². The predicted octanol–water partition coefficient (Wildman–Crippen LogP) is 1.48. The zero-order chi connectivity index (χ0) is 11.5. The standard InChI is InChI=1S/C11H10FN3O/c1-7-4-9(6-16)15-11(14-7)10-3-2-8(12)5-13-10/h2-5,16H,6H2,1H3. The van der Waals surface area contributed by atoms with Crippen LogP contribution >= 0.6 is 0 Å². The zero-order valence-corrected chi connectivity index (χ0v) is 8.68. The number of aliphatic hydroxyl groups is 1. The third-order valence-corrected chi connectivity index (χ3v) is 2.03. The first-order valence-corrected chi connectivity index (χ1v) is 4.76. The number of halogens is 1. The lowest BCUT2D eigenvalue weighted by Gasteiger charge is -2.03. The van der Waals surface area contributed by atoms with E-state index in [2.05, 4.69) is 15.0 Å². The van der Waals surface area contributed by atoms with Gasteiger partial charge in [0.2, 0.25) is 0 Å². The maximum absolute atomic E-state index is 12.7. The summed E-state index contributed by atoms with van der Waals surface area (Å²) in [6.07, 6.45) is 1.11. The van der Waals surface area contributed by atoms with Gasteiger partial charge < -0.3 is 5.11 Å². The third-order valence-electron chi connectivity index (χ3n) is 2.03. The molecular weight excluding hydrogens is 209 g/mol. The third kappa shape index (κ3) is 2.20. The molecule has 0 amide bonds. The molecule has 0 aromatic carbocycles. The lowest BCUT2D eigenvalue weighted by atomic mass is 10.3. The van der Waals surface area contributed by atoms with Gasteiger partial charge in [0.05, 0.1) is 18.5 Å². The highest BCUT2D eigenvalue weighted by Gasteiger charge is 2.05. The Morgan fingerprint density at radius 3 is 2.75 bits per heavy atom. The Hall–Kier alpha value is -1.88. The molecular formula is C11H10FN3O. The van der Waals surface area contributed by atoms with Gasteiger partial charge in [-0.25, -0.2) is 19.3 Å². The van der Waals surface area contributed by atoms with Crippen molar-refractivity contribution in [3.8, 4) is 11.5 Å². The van der Waals surface area contributed by atoms with Crippen LogP contribution in [0, 0.1) is 12.7 Å². The molecule has 2 aromatic rings. The lowest BCUT2D eigenvalue weighted by molar-refractivity contribution is 0.276. The quantitative estimate of drug-likeness (QED) is 0.831. The first-order chi connectivity index (χ1) is 7.69. The predicted molar refractivity (Wildman–Crippen MR) is 55.9 cm³/mol. The molecule has 2 heterocycles. The van der Waals surface area contributed by atoms with E-state index in [0.29, 0.717) is 17.2 Å². The van der Waals surface area contributed by atoms with Crippen molar-refractivity contribution in [1.82, 2.24) is 15.0 Å². The monoisotopic (exact) mass is 219 g/mol. The molecule has 0 bridgehead atoms. The van der Waals surface area contributed by atoms with E-state index >= 15 is 0 Å². The van der Waals surface area contributed by atoms with Crippen molar-refractivity contribution in [2.45, 2.75) is 13.5 Å². The normalized spacial score (nSPS) is 10.4. The minimum absolute atomic E-state index is 0.155. The maximum atomic E-state index is 12.7. The van der Waals surface area contributed by atoms with Gasteiger partial charge in [-0.2, -0.15) is 0 Å². The fraction of sp³-hybridized carbons (Fsp3) is 0.182. The molecule has 4 nitrogen and oxygen atoms in total. The Labute approximate surface area is 91.8 Å². The smallest absolute Gasteiger partial charge is 0.178 e. The number of hydrogen-bond acceptors (Lipinski definition) is 4. The van der Waals surface area contributed by atoms with Crippen molar-refractivity contribution in [1.29, 1.82) is 0 Å². The van der Waals surface area contributed by atoms with Gasteiger partial charge in [-0.15, -0.1) is 0 Å². The Morgan fingerprint density at radius 2 is 2.12 bits per heavy atom. The number of rotatable bonds is 2. The van der Waals surface area contributed by atoms with Crippen LogP contribution in [-0.4, -0.2) is 20.1 Å². The summed E-state index contributed by atoms with van der Waals surface area (Å²) in [5.41, 5.74) is 1.74. The Bertz CT molecular complexity index is 499. The molecule has 0 saturated heterocycles. The number of aryl methyl sites for hydroxylation is 1. The summed E-state index contributed by atoms with van der Waals surface area (Å²) >= 11 is 0. The molecule has 0 radical (unpaired) electrons. The molecule has 0 aliphatic carbocycles. The molecule has 0 unspecified atom stereocenters. The number of aliphatic hydroxyl groups excluding tert-OH is 1. The van der Waals surface area contributed by atoms with E-state index in [9.17, 15) is 4.39 Å². The first-order valence-electron chi connectivity index (χ1n) is 4.76. The molecule has 0 aliphatic rings. The minimum Gasteiger partial charge on any atom is -0.390 e. The molecule has 0 fully saturated rings. The summed E-state index contributed by atoms with van der Waals surface area (Å²) in [6.45, 7) is 1.64. The van der Waals surface area contributed by atoms with Gasteiger partial charge >= 0.3 is 0 Å². The fourth-order valence-corrected chi connectivity index (χ4v) is 1.34. The van der Waals surface area contributed by atoms with Gasteiger partial charge in [-0.3, -0.25) is 0 Å². The molecule has 2 rings (SSSR count). The van der Waals surface area contributed by atoms with Crippen molar-refractivity contribution in [2.24, 2.45) is 0 Å². The van der Waals surface area contributed by atoms with Gasteiger partial charge in [0.15, 0.2) is 5.82 Å². The van der Waals surface area contributed by atoms with Crippen molar-refractivity contribution in [3.05, 3.63) is 41.6 Å². The van der Waals surface area contributed by atoms with Crippen molar-refractivity contribution in [2.75, 3.05) is 0 Å². The Balaban J connectivity index is 2.47. The zero-order valence-electron chi connectivity index (χ0n) is 8.68. The van der Waals surface area contributed by atoms with Crippen LogP contribution in [0.2, 0.25) is 0 Å². The molecule has 0 spiro atoms. The van der Waals surface area contributed by atoms with Crippen LogP contribution in [0.4, 0.5) is 4.39 Å². The largest absolute Gasteiger partial charge is 0.390 e. The summed E-state index contributed by atoms with van der Waals surface area (Å²) in [5.74, 6) is -0.0113. The van der Waals surface area contributed by atoms with E-state index in [1.165, 1.54) is 12.1 Å². The van der Waals surface area contributed by atoms with Gasteiger partial charge in [0.1, 0.15) is 11.5 Å². The van der Waals surface area contributed by atoms with E-state index in [0.717, 1.165) is 11.9 Å². The number of aromatic nitrogens is 3. The maximum Gasteiger partial charge on any atom is 0.178 e. The molecule has 0 atom stereocenters. The highest BCUT2D eigenvalue weighted by atomic mass is 19.1. The highest BCUT2D eigenvalue weighted by molar-refractivity contribution is 5.48. The minimum atomic E-state index is -0.404. The number of pyridine rings is 1. The Kier molecular flexibility index (Phi) is 2.87. The first kappa shape index (κ1) is 10.6. The lowest BCUT2D eigenvalue weighted by Crippen LogP contribution is -1.99. The number of hydrogen-bond donors (Lipinski definition) is 1. The van der Waals surface area contributed by atoms with Crippen LogP contribution < -0.4 is 0 Å². The molecule has 1 N–H and O–H groups in total. The molecule has 0 aliphatic heterocycles. The highest BCUT2D eigenvalue weighted by Crippen LogP contribution is 2.13. The average Bonchev–Trinajstić information content (AvgIpc) is 2.29. The summed E-state index contributed by atoms with van der Waals surface area (Å²) in [5, 5.41) is 9.01. The molecule has 16 heavy (non-hydrogen) atoms. The summed E-state index contributed by atoms with van der Waals surface area (Å²) in [6, 6.07) is 4.49. The van der Waals surface area contributed by atoms with Crippen LogP contribution in [0.15, 0.2) is 24.4 Å². The van der Waals surface area contributed by atoms with Crippen LogP contribution in [0.3, 0.4) is 0 Å². The second-order valence-electron chi connectivity index (χ2n) is 3.34. The van der Waals surface area contributed by atoms with E-state index in [4.69, 9.17) is 5.11 Å². The number of nitrogens with zero attached hydrogens (tertiary/aromatic N) is 3. The van der Waals surface area contributed by atoms with Crippen molar-refractivity contribution >= 4 is 0 Å². The molecule has 82 valence electrons. The molecule has 0 saturated carbocycles. The van der Waals surface area contributed by atoms with Crippen molar-refractivity contribution in [3.63, 3.8) is 0 Å². The summed E-state index contributed by atoms with van der Waals surface area (Å²) in [7, 11) is 0.